The molecule has 0 bridgehead atoms. The highest BCUT2D eigenvalue weighted by molar-refractivity contribution is 6.34. The van der Waals surface area contributed by atoms with Crippen LogP contribution in [0.25, 0.3) is 11.1 Å². The summed E-state index contributed by atoms with van der Waals surface area (Å²) in [6.45, 7) is 2.43. The number of carbonyl (C=O) groups excluding carboxylic acids is 3. The molecular formula is C23H23ClN2O4. The number of ether oxygens (including phenoxy) is 1. The van der Waals surface area contributed by atoms with E-state index in [1.807, 2.05) is 49.4 Å². The van der Waals surface area contributed by atoms with Crippen molar-refractivity contribution in [3.05, 3.63) is 53.1 Å². The Kier molecular flexibility index (Phi) is 5.52. The minimum Gasteiger partial charge on any atom is -0.447 e. The normalized spacial score (nSPS) is 17.5. The van der Waals surface area contributed by atoms with Crippen molar-refractivity contribution in [1.82, 2.24) is 5.32 Å². The molecule has 1 aliphatic heterocycles. The molecule has 4 rings (SSSR count). The van der Waals surface area contributed by atoms with Gasteiger partial charge in [0.1, 0.15) is 6.61 Å². The first-order chi connectivity index (χ1) is 14.5. The predicted molar refractivity (Wildman–Crippen MR) is 115 cm³/mol. The quantitative estimate of drug-likeness (QED) is 0.653. The molecule has 1 spiro atoms. The first kappa shape index (κ1) is 20.4. The second-order valence-electron chi connectivity index (χ2n) is 7.84. The van der Waals surface area contributed by atoms with Crippen molar-refractivity contribution in [2.75, 3.05) is 11.5 Å². The molecule has 7 heteroatoms. The molecule has 1 N–H and O–H groups in total. The number of cyclic esters (lactones) is 1. The maximum Gasteiger partial charge on any atom is 0.415 e. The standard InChI is InChI=1S/C23H23ClN2O4/c1-2-4-19(21(28)25-14-27)18-6-3-5-17(20(18)24)15-7-9-16(10-8-15)26-22(29)30-13-23(26)11-12-23/h3,5-10,14,19H,2,4,11-13H2,1H3,(H,25,27,28). The number of halogens is 1. The number of hydrogen-bond acceptors (Lipinski definition) is 4. The summed E-state index contributed by atoms with van der Waals surface area (Å²) in [7, 11) is 0. The van der Waals surface area contributed by atoms with Crippen LogP contribution in [-0.4, -0.2) is 30.6 Å². The molecule has 1 unspecified atom stereocenters. The zero-order valence-corrected chi connectivity index (χ0v) is 17.4. The van der Waals surface area contributed by atoms with Crippen molar-refractivity contribution >= 4 is 35.7 Å². The van der Waals surface area contributed by atoms with E-state index in [0.717, 1.165) is 36.1 Å². The van der Waals surface area contributed by atoms with Gasteiger partial charge in [0.15, 0.2) is 0 Å². The number of carbonyl (C=O) groups is 3. The Morgan fingerprint density at radius 3 is 2.63 bits per heavy atom. The molecular weight excluding hydrogens is 404 g/mol. The Morgan fingerprint density at radius 2 is 2.00 bits per heavy atom. The third-order valence-corrected chi connectivity index (χ3v) is 6.31. The summed E-state index contributed by atoms with van der Waals surface area (Å²) in [5.74, 6) is -0.857. The lowest BCUT2D eigenvalue weighted by Crippen LogP contribution is -2.35. The number of nitrogens with one attached hydrogen (secondary N) is 1. The lowest BCUT2D eigenvalue weighted by molar-refractivity contribution is -0.126. The van der Waals surface area contributed by atoms with Crippen LogP contribution in [-0.2, 0) is 14.3 Å². The summed E-state index contributed by atoms with van der Waals surface area (Å²) in [4.78, 5) is 37.0. The fraction of sp³-hybridized carbons (Fsp3) is 0.348. The highest BCUT2D eigenvalue weighted by atomic mass is 35.5. The van der Waals surface area contributed by atoms with Gasteiger partial charge >= 0.3 is 6.09 Å². The van der Waals surface area contributed by atoms with Crippen molar-refractivity contribution in [3.63, 3.8) is 0 Å². The Labute approximate surface area is 180 Å². The molecule has 1 aliphatic carbocycles. The number of amides is 3. The second kappa shape index (κ2) is 8.11. The van der Waals surface area contributed by atoms with Crippen LogP contribution in [0, 0.1) is 0 Å². The van der Waals surface area contributed by atoms with Crippen molar-refractivity contribution < 1.29 is 19.1 Å². The average Bonchev–Trinajstić information content (AvgIpc) is 3.45. The van der Waals surface area contributed by atoms with Gasteiger partial charge in [-0.15, -0.1) is 0 Å². The predicted octanol–water partition coefficient (Wildman–Crippen LogP) is 4.65. The van der Waals surface area contributed by atoms with E-state index in [0.29, 0.717) is 30.0 Å². The summed E-state index contributed by atoms with van der Waals surface area (Å²) in [5.41, 5.74) is 3.01. The molecule has 2 aromatic rings. The van der Waals surface area contributed by atoms with Crippen LogP contribution in [0.1, 0.15) is 44.1 Å². The Hall–Kier alpha value is -2.86. The number of hydrogen-bond donors (Lipinski definition) is 1. The molecule has 0 radical (unpaired) electrons. The van der Waals surface area contributed by atoms with E-state index < -0.39 is 5.92 Å². The largest absolute Gasteiger partial charge is 0.447 e. The molecule has 156 valence electrons. The minimum atomic E-state index is -0.499. The molecule has 30 heavy (non-hydrogen) atoms. The molecule has 1 saturated carbocycles. The Bertz CT molecular complexity index is 985. The highest BCUT2D eigenvalue weighted by Crippen LogP contribution is 2.48. The van der Waals surface area contributed by atoms with E-state index in [4.69, 9.17) is 16.3 Å². The smallest absolute Gasteiger partial charge is 0.415 e. The van der Waals surface area contributed by atoms with Crippen LogP contribution in [0.4, 0.5) is 10.5 Å². The van der Waals surface area contributed by atoms with Crippen LogP contribution in [0.3, 0.4) is 0 Å². The van der Waals surface area contributed by atoms with Crippen molar-refractivity contribution in [3.8, 4) is 11.1 Å². The molecule has 1 atom stereocenters. The lowest BCUT2D eigenvalue weighted by atomic mass is 9.91. The van der Waals surface area contributed by atoms with Crippen LogP contribution < -0.4 is 10.2 Å². The van der Waals surface area contributed by atoms with Gasteiger partial charge in [-0.05, 0) is 42.5 Å². The van der Waals surface area contributed by atoms with E-state index in [1.54, 1.807) is 4.90 Å². The van der Waals surface area contributed by atoms with E-state index >= 15 is 0 Å². The minimum absolute atomic E-state index is 0.171. The first-order valence-electron chi connectivity index (χ1n) is 10.1. The summed E-state index contributed by atoms with van der Waals surface area (Å²) in [6, 6.07) is 13.2. The van der Waals surface area contributed by atoms with E-state index in [9.17, 15) is 14.4 Å². The van der Waals surface area contributed by atoms with Crippen molar-refractivity contribution in [2.45, 2.75) is 44.1 Å². The van der Waals surface area contributed by atoms with E-state index in [2.05, 4.69) is 5.32 Å². The van der Waals surface area contributed by atoms with Crippen molar-refractivity contribution in [2.24, 2.45) is 0 Å². The molecule has 1 saturated heterocycles. The maximum absolute atomic E-state index is 12.4. The van der Waals surface area contributed by atoms with Gasteiger partial charge in [0, 0.05) is 11.3 Å². The summed E-state index contributed by atoms with van der Waals surface area (Å²) >= 11 is 6.71. The third kappa shape index (κ3) is 3.56. The summed E-state index contributed by atoms with van der Waals surface area (Å²) in [5, 5.41) is 2.73. The fourth-order valence-electron chi connectivity index (χ4n) is 4.12. The summed E-state index contributed by atoms with van der Waals surface area (Å²) < 4.78 is 5.24. The van der Waals surface area contributed by atoms with Gasteiger partial charge in [0.2, 0.25) is 12.3 Å². The Balaban J connectivity index is 1.65. The number of anilines is 1. The number of benzene rings is 2. The van der Waals surface area contributed by atoms with E-state index in [-0.39, 0.29) is 17.5 Å². The zero-order chi connectivity index (χ0) is 21.3. The second-order valence-corrected chi connectivity index (χ2v) is 8.22. The molecule has 3 amide bonds. The van der Waals surface area contributed by atoms with Crippen molar-refractivity contribution in [1.29, 1.82) is 0 Å². The van der Waals surface area contributed by atoms with Gasteiger partial charge in [-0.25, -0.2) is 4.79 Å². The molecule has 6 nitrogen and oxygen atoms in total. The number of imide groups is 1. The van der Waals surface area contributed by atoms with Gasteiger partial charge in [-0.3, -0.25) is 19.8 Å². The van der Waals surface area contributed by atoms with Gasteiger partial charge in [-0.1, -0.05) is 55.3 Å². The van der Waals surface area contributed by atoms with Gasteiger partial charge < -0.3 is 4.74 Å². The third-order valence-electron chi connectivity index (χ3n) is 5.88. The van der Waals surface area contributed by atoms with E-state index in [1.165, 1.54) is 0 Å². The van der Waals surface area contributed by atoms with Crippen LogP contribution in [0.15, 0.2) is 42.5 Å². The SMILES string of the molecule is CCCC(C(=O)NC=O)c1cccc(-c2ccc(N3C(=O)OCC34CC4)cc2)c1Cl. The molecule has 2 fully saturated rings. The Morgan fingerprint density at radius 1 is 1.27 bits per heavy atom. The maximum atomic E-state index is 12.4. The van der Waals surface area contributed by atoms with Crippen LogP contribution in [0.2, 0.25) is 5.02 Å². The number of rotatable bonds is 7. The zero-order valence-electron chi connectivity index (χ0n) is 16.7. The topological polar surface area (TPSA) is 75.7 Å². The average molecular weight is 427 g/mol. The summed E-state index contributed by atoms with van der Waals surface area (Å²) in [6.07, 6.45) is 3.37. The molecule has 0 aromatic heterocycles. The monoisotopic (exact) mass is 426 g/mol. The fourth-order valence-corrected chi connectivity index (χ4v) is 4.48. The highest BCUT2D eigenvalue weighted by Gasteiger charge is 2.57. The van der Waals surface area contributed by atoms with Gasteiger partial charge in [-0.2, -0.15) is 0 Å². The number of nitrogens with zero attached hydrogens (tertiary/aromatic N) is 1. The molecule has 2 aliphatic rings. The lowest BCUT2D eigenvalue weighted by Gasteiger charge is -2.21. The van der Waals surface area contributed by atoms with Crippen LogP contribution >= 0.6 is 11.6 Å². The van der Waals surface area contributed by atoms with Gasteiger partial charge in [0.05, 0.1) is 16.5 Å². The first-order valence-corrected chi connectivity index (χ1v) is 10.5. The molecule has 1 heterocycles. The molecule has 2 aromatic carbocycles. The van der Waals surface area contributed by atoms with Gasteiger partial charge in [0.25, 0.3) is 0 Å². The van der Waals surface area contributed by atoms with Crippen LogP contribution in [0.5, 0.6) is 0 Å².